The molecule has 1 aromatic rings. The van der Waals surface area contributed by atoms with E-state index in [1.807, 2.05) is 0 Å². The molecule has 19 heavy (non-hydrogen) atoms. The van der Waals surface area contributed by atoms with Gasteiger partial charge in [0, 0.05) is 12.2 Å². The molecule has 5 nitrogen and oxygen atoms in total. The molecular weight excluding hydrogens is 266 g/mol. The molecule has 0 aliphatic carbocycles. The lowest BCUT2D eigenvalue weighted by atomic mass is 10.2. The normalized spacial score (nSPS) is 14.2. The van der Waals surface area contributed by atoms with E-state index in [9.17, 15) is 9.90 Å². The number of aliphatic hydroxyl groups is 1. The Morgan fingerprint density at radius 3 is 2.68 bits per heavy atom. The Hall–Kier alpha value is -1.30. The highest BCUT2D eigenvalue weighted by Crippen LogP contribution is 2.22. The van der Waals surface area contributed by atoms with Crippen molar-refractivity contribution in [1.82, 2.24) is 4.90 Å². The van der Waals surface area contributed by atoms with E-state index in [-0.39, 0.29) is 11.9 Å². The Morgan fingerprint density at radius 1 is 1.53 bits per heavy atom. The molecule has 0 aliphatic rings. The fraction of sp³-hybridized carbons (Fsp3) is 0.462. The van der Waals surface area contributed by atoms with Gasteiger partial charge >= 0.3 is 0 Å². The average Bonchev–Trinajstić information content (AvgIpc) is 2.32. The summed E-state index contributed by atoms with van der Waals surface area (Å²) in [6.07, 6.45) is -0.480. The van der Waals surface area contributed by atoms with Gasteiger partial charge < -0.3 is 16.2 Å². The smallest absolute Gasteiger partial charge is 0.241 e. The molecule has 1 aromatic carbocycles. The number of nitrogens with zero attached hydrogens (tertiary/aromatic N) is 1. The predicted molar refractivity (Wildman–Crippen MR) is 78.3 cm³/mol. The third-order valence-corrected chi connectivity index (χ3v) is 3.20. The van der Waals surface area contributed by atoms with Crippen molar-refractivity contribution in [2.45, 2.75) is 26.0 Å². The number of rotatable bonds is 5. The van der Waals surface area contributed by atoms with Crippen LogP contribution in [0.4, 0.5) is 11.4 Å². The predicted octanol–water partition coefficient (Wildman–Crippen LogP) is 1.56. The molecule has 0 spiro atoms. The minimum Gasteiger partial charge on any atom is -0.397 e. The maximum absolute atomic E-state index is 12.0. The number of benzene rings is 1. The van der Waals surface area contributed by atoms with Crippen molar-refractivity contribution in [2.75, 3.05) is 24.6 Å². The molecule has 0 heterocycles. The highest BCUT2D eigenvalue weighted by atomic mass is 35.5. The zero-order chi connectivity index (χ0) is 14.6. The van der Waals surface area contributed by atoms with Crippen LogP contribution >= 0.6 is 11.6 Å². The number of likely N-dealkylation sites (N-methyl/N-ethyl adjacent to an activating group) is 1. The van der Waals surface area contributed by atoms with E-state index < -0.39 is 6.10 Å². The number of halogens is 1. The van der Waals surface area contributed by atoms with Crippen molar-refractivity contribution in [3.63, 3.8) is 0 Å². The van der Waals surface area contributed by atoms with E-state index in [1.54, 1.807) is 44.0 Å². The van der Waals surface area contributed by atoms with Crippen molar-refractivity contribution in [3.8, 4) is 0 Å². The van der Waals surface area contributed by atoms with Crippen LogP contribution in [0.1, 0.15) is 13.8 Å². The van der Waals surface area contributed by atoms with Crippen LogP contribution in [0.3, 0.4) is 0 Å². The molecular formula is C13H20ClN3O2. The second kappa shape index (κ2) is 6.75. The summed E-state index contributed by atoms with van der Waals surface area (Å²) in [6, 6.07) is 4.59. The molecule has 0 bridgehead atoms. The first-order valence-electron chi connectivity index (χ1n) is 6.05. The van der Waals surface area contributed by atoms with E-state index >= 15 is 0 Å². The number of carbonyl (C=O) groups excluding carboxylic acids is 1. The topological polar surface area (TPSA) is 78.6 Å². The monoisotopic (exact) mass is 285 g/mol. The molecule has 0 saturated carbocycles. The Bertz CT molecular complexity index is 452. The minimum atomic E-state index is -0.480. The number of aliphatic hydroxyl groups excluding tert-OH is 1. The van der Waals surface area contributed by atoms with E-state index in [0.717, 1.165) is 0 Å². The van der Waals surface area contributed by atoms with Crippen molar-refractivity contribution >= 4 is 28.9 Å². The molecule has 0 aliphatic heterocycles. The molecule has 1 amide bonds. The lowest BCUT2D eigenvalue weighted by Gasteiger charge is -2.25. The summed E-state index contributed by atoms with van der Waals surface area (Å²) in [5, 5.41) is 12.5. The average molecular weight is 286 g/mol. The van der Waals surface area contributed by atoms with E-state index in [4.69, 9.17) is 17.3 Å². The van der Waals surface area contributed by atoms with Gasteiger partial charge in [0.25, 0.3) is 0 Å². The van der Waals surface area contributed by atoms with Crippen molar-refractivity contribution in [2.24, 2.45) is 0 Å². The SMILES string of the molecule is CC(O)CN(C)C(C)C(=O)Nc1ccc(Cl)c(N)c1. The van der Waals surface area contributed by atoms with Crippen molar-refractivity contribution in [1.29, 1.82) is 0 Å². The van der Waals surface area contributed by atoms with Crippen LogP contribution < -0.4 is 11.1 Å². The molecule has 0 saturated heterocycles. The molecule has 4 N–H and O–H groups in total. The quantitative estimate of drug-likeness (QED) is 0.718. The maximum atomic E-state index is 12.0. The number of nitrogens with two attached hydrogens (primary N) is 1. The molecule has 0 fully saturated rings. The Kier molecular flexibility index (Phi) is 5.60. The van der Waals surface area contributed by atoms with Crippen LogP contribution in [0.5, 0.6) is 0 Å². The van der Waals surface area contributed by atoms with Crippen LogP contribution in [-0.4, -0.2) is 41.7 Å². The first-order chi connectivity index (χ1) is 8.81. The van der Waals surface area contributed by atoms with Crippen LogP contribution in [0, 0.1) is 0 Å². The fourth-order valence-corrected chi connectivity index (χ4v) is 1.76. The summed E-state index contributed by atoms with van der Waals surface area (Å²) in [5.74, 6) is -0.162. The second-order valence-corrected chi connectivity index (χ2v) is 5.10. The van der Waals surface area contributed by atoms with Gasteiger partial charge in [-0.3, -0.25) is 9.69 Å². The van der Waals surface area contributed by atoms with Crippen molar-refractivity contribution in [3.05, 3.63) is 23.2 Å². The van der Waals surface area contributed by atoms with Gasteiger partial charge in [-0.15, -0.1) is 0 Å². The van der Waals surface area contributed by atoms with E-state index in [2.05, 4.69) is 5.32 Å². The van der Waals surface area contributed by atoms with Gasteiger partial charge in [-0.1, -0.05) is 11.6 Å². The highest BCUT2D eigenvalue weighted by Gasteiger charge is 2.19. The summed E-state index contributed by atoms with van der Waals surface area (Å²) >= 11 is 5.81. The highest BCUT2D eigenvalue weighted by molar-refractivity contribution is 6.33. The Morgan fingerprint density at radius 2 is 2.16 bits per heavy atom. The standard InChI is InChI=1S/C13H20ClN3O2/c1-8(18)7-17(3)9(2)13(19)16-10-4-5-11(14)12(15)6-10/h4-6,8-9,18H,7,15H2,1-3H3,(H,16,19). The summed E-state index contributed by atoms with van der Waals surface area (Å²) in [6.45, 7) is 3.88. The Labute approximate surface area is 118 Å². The maximum Gasteiger partial charge on any atom is 0.241 e. The second-order valence-electron chi connectivity index (χ2n) is 4.69. The number of nitrogens with one attached hydrogen (secondary N) is 1. The fourth-order valence-electron chi connectivity index (χ4n) is 1.64. The number of hydrogen-bond donors (Lipinski definition) is 3. The lowest BCUT2D eigenvalue weighted by molar-refractivity contribution is -0.120. The first-order valence-corrected chi connectivity index (χ1v) is 6.43. The van der Waals surface area contributed by atoms with Gasteiger partial charge in [0.2, 0.25) is 5.91 Å². The zero-order valence-corrected chi connectivity index (χ0v) is 12.1. The summed E-state index contributed by atoms with van der Waals surface area (Å²) in [7, 11) is 1.78. The van der Waals surface area contributed by atoms with Gasteiger partial charge in [-0.2, -0.15) is 0 Å². The number of hydrogen-bond acceptors (Lipinski definition) is 4. The van der Waals surface area contributed by atoms with Crippen LogP contribution in [0.25, 0.3) is 0 Å². The number of anilines is 2. The molecule has 106 valence electrons. The van der Waals surface area contributed by atoms with Gasteiger partial charge in [0.1, 0.15) is 0 Å². The molecule has 1 rings (SSSR count). The number of amides is 1. The third-order valence-electron chi connectivity index (χ3n) is 2.86. The lowest BCUT2D eigenvalue weighted by Crippen LogP contribution is -2.42. The molecule has 2 unspecified atom stereocenters. The summed E-state index contributed by atoms with van der Waals surface area (Å²) in [5.41, 5.74) is 6.69. The summed E-state index contributed by atoms with van der Waals surface area (Å²) in [4.78, 5) is 13.8. The third kappa shape index (κ3) is 4.70. The largest absolute Gasteiger partial charge is 0.397 e. The molecule has 2 atom stereocenters. The van der Waals surface area contributed by atoms with E-state index in [1.165, 1.54) is 0 Å². The number of carbonyl (C=O) groups is 1. The molecule has 0 radical (unpaired) electrons. The van der Waals surface area contributed by atoms with Crippen LogP contribution in [0.15, 0.2) is 18.2 Å². The van der Waals surface area contributed by atoms with Crippen LogP contribution in [0.2, 0.25) is 5.02 Å². The van der Waals surface area contributed by atoms with Gasteiger partial charge in [0.15, 0.2) is 0 Å². The zero-order valence-electron chi connectivity index (χ0n) is 11.4. The van der Waals surface area contributed by atoms with Crippen molar-refractivity contribution < 1.29 is 9.90 Å². The minimum absolute atomic E-state index is 0.162. The Balaban J connectivity index is 2.65. The molecule has 6 heteroatoms. The van der Waals surface area contributed by atoms with Gasteiger partial charge in [-0.05, 0) is 39.1 Å². The first kappa shape index (κ1) is 15.8. The van der Waals surface area contributed by atoms with E-state index in [0.29, 0.717) is 22.9 Å². The van der Waals surface area contributed by atoms with Gasteiger partial charge in [-0.25, -0.2) is 0 Å². The number of nitrogen functional groups attached to an aromatic ring is 1. The molecule has 0 aromatic heterocycles. The van der Waals surface area contributed by atoms with Crippen LogP contribution in [-0.2, 0) is 4.79 Å². The van der Waals surface area contributed by atoms with Gasteiger partial charge in [0.05, 0.1) is 22.9 Å². The summed E-state index contributed by atoms with van der Waals surface area (Å²) < 4.78 is 0.